The highest BCUT2D eigenvalue weighted by Crippen LogP contribution is 2.48. The number of para-hydroxylation sites is 1. The number of benzene rings is 3. The summed E-state index contributed by atoms with van der Waals surface area (Å²) >= 11 is 0. The Morgan fingerprint density at radius 1 is 0.857 bits per heavy atom. The van der Waals surface area contributed by atoms with Gasteiger partial charge in [-0.25, -0.2) is 27.5 Å². The fraction of sp³-hybridized carbons (Fsp3) is 0.219. The molecule has 0 spiro atoms. The molecule has 1 aliphatic rings. The van der Waals surface area contributed by atoms with Crippen LogP contribution >= 0.6 is 0 Å². The van der Waals surface area contributed by atoms with Gasteiger partial charge < -0.3 is 9.30 Å². The molecule has 42 heavy (non-hydrogen) atoms. The van der Waals surface area contributed by atoms with E-state index in [2.05, 4.69) is 9.97 Å². The van der Waals surface area contributed by atoms with Gasteiger partial charge in [0.15, 0.2) is 5.82 Å². The molecule has 10 heteroatoms. The number of hydrogen-bond acceptors (Lipinski definition) is 4. The first-order valence-electron chi connectivity index (χ1n) is 13.3. The van der Waals surface area contributed by atoms with Gasteiger partial charge in [0.25, 0.3) is 0 Å². The summed E-state index contributed by atoms with van der Waals surface area (Å²) < 4.78 is 80.5. The fourth-order valence-electron chi connectivity index (χ4n) is 4.94. The van der Waals surface area contributed by atoms with Gasteiger partial charge in [-0.05, 0) is 60.9 Å². The van der Waals surface area contributed by atoms with E-state index in [4.69, 9.17) is 10.00 Å². The molecule has 0 radical (unpaired) electrons. The molecule has 0 bridgehead atoms. The molecule has 1 saturated carbocycles. The molecular formula is C32H23F5N4O. The predicted octanol–water partition coefficient (Wildman–Crippen LogP) is 7.45. The van der Waals surface area contributed by atoms with Crippen molar-refractivity contribution in [1.82, 2.24) is 14.5 Å². The Balaban J connectivity index is 1.26. The van der Waals surface area contributed by atoms with Crippen LogP contribution < -0.4 is 4.74 Å². The maximum absolute atomic E-state index is 15.4. The third kappa shape index (κ3) is 5.30. The minimum Gasteiger partial charge on any atom is -0.473 e. The smallest absolute Gasteiger partial charge is 0.214 e. The number of aromatic nitrogens is 3. The van der Waals surface area contributed by atoms with E-state index in [1.165, 1.54) is 36.4 Å². The van der Waals surface area contributed by atoms with E-state index in [0.29, 0.717) is 24.2 Å². The first-order valence-corrected chi connectivity index (χ1v) is 13.3. The Morgan fingerprint density at radius 2 is 1.64 bits per heavy atom. The van der Waals surface area contributed by atoms with Gasteiger partial charge in [0, 0.05) is 35.6 Å². The van der Waals surface area contributed by atoms with Crippen LogP contribution in [0.1, 0.15) is 35.4 Å². The molecule has 0 saturated heterocycles. The third-order valence-corrected chi connectivity index (χ3v) is 7.58. The Hall–Kier alpha value is -4.78. The molecule has 3 aromatic carbocycles. The zero-order valence-corrected chi connectivity index (χ0v) is 22.2. The standard InChI is InChI=1S/C32H23F5N4O/c33-17-32(9-10-32)18-41-28-5-1-3-23(34)31(28)40-29(41)13-21-12-26(37)22(14-25(21)36)27-4-2-6-30(39-27)42-16-20-8-7-19(15-38)11-24(20)35/h1-8,11-12,14H,9-10,13,16-18H2. The summed E-state index contributed by atoms with van der Waals surface area (Å²) in [4.78, 5) is 8.63. The minimum absolute atomic E-state index is 0.00186. The van der Waals surface area contributed by atoms with Crippen LogP contribution in [0, 0.1) is 40.0 Å². The average Bonchev–Trinajstić information content (AvgIpc) is 3.69. The molecule has 1 fully saturated rings. The van der Waals surface area contributed by atoms with Crippen molar-refractivity contribution < 1.29 is 26.7 Å². The van der Waals surface area contributed by atoms with Crippen molar-refractivity contribution >= 4 is 11.0 Å². The summed E-state index contributed by atoms with van der Waals surface area (Å²) in [7, 11) is 0. The number of nitrogens with zero attached hydrogens (tertiary/aromatic N) is 4. The lowest BCUT2D eigenvalue weighted by atomic mass is 10.0. The molecule has 5 nitrogen and oxygen atoms in total. The van der Waals surface area contributed by atoms with Gasteiger partial charge in [0.1, 0.15) is 35.4 Å². The first kappa shape index (κ1) is 27.4. The van der Waals surface area contributed by atoms with Gasteiger partial charge >= 0.3 is 0 Å². The number of hydrogen-bond donors (Lipinski definition) is 0. The molecular weight excluding hydrogens is 551 g/mol. The quantitative estimate of drug-likeness (QED) is 0.172. The molecule has 6 rings (SSSR count). The summed E-state index contributed by atoms with van der Waals surface area (Å²) in [6.07, 6.45) is 1.24. The van der Waals surface area contributed by atoms with E-state index < -0.39 is 35.4 Å². The van der Waals surface area contributed by atoms with Crippen LogP contribution in [0.5, 0.6) is 5.88 Å². The van der Waals surface area contributed by atoms with Gasteiger partial charge in [-0.1, -0.05) is 18.2 Å². The Labute approximate surface area is 237 Å². The SMILES string of the molecule is N#Cc1ccc(COc2cccc(-c3cc(F)c(Cc4nc5c(F)cccc5n4CC4(CF)CC4)cc3F)n2)c(F)c1. The van der Waals surface area contributed by atoms with Gasteiger partial charge in [0.05, 0.1) is 29.5 Å². The second-order valence-corrected chi connectivity index (χ2v) is 10.5. The lowest BCUT2D eigenvalue weighted by molar-refractivity contribution is 0.288. The van der Waals surface area contributed by atoms with Crippen molar-refractivity contribution in [3.63, 3.8) is 0 Å². The van der Waals surface area contributed by atoms with Crippen LogP contribution in [-0.4, -0.2) is 21.2 Å². The molecule has 0 N–H and O–H groups in total. The summed E-state index contributed by atoms with van der Waals surface area (Å²) in [5, 5.41) is 8.89. The highest BCUT2D eigenvalue weighted by molar-refractivity contribution is 5.77. The Morgan fingerprint density at radius 3 is 2.38 bits per heavy atom. The highest BCUT2D eigenvalue weighted by Gasteiger charge is 2.44. The number of imidazole rings is 1. The lowest BCUT2D eigenvalue weighted by Crippen LogP contribution is -2.16. The summed E-state index contributed by atoms with van der Waals surface area (Å²) in [5.74, 6) is -2.24. The van der Waals surface area contributed by atoms with Gasteiger partial charge in [-0.15, -0.1) is 0 Å². The molecule has 5 aromatic rings. The Kier molecular flexibility index (Phi) is 7.11. The van der Waals surface area contributed by atoms with Crippen LogP contribution in [0.25, 0.3) is 22.3 Å². The van der Waals surface area contributed by atoms with Crippen molar-refractivity contribution in [2.45, 2.75) is 32.4 Å². The van der Waals surface area contributed by atoms with E-state index >= 15 is 8.78 Å². The van der Waals surface area contributed by atoms with E-state index in [-0.39, 0.29) is 58.9 Å². The van der Waals surface area contributed by atoms with Crippen LogP contribution in [0.15, 0.2) is 66.7 Å². The van der Waals surface area contributed by atoms with Gasteiger partial charge in [0.2, 0.25) is 5.88 Å². The maximum atomic E-state index is 15.4. The number of rotatable bonds is 9. The molecule has 0 aliphatic heterocycles. The van der Waals surface area contributed by atoms with Crippen molar-refractivity contribution in [3.8, 4) is 23.2 Å². The topological polar surface area (TPSA) is 63.7 Å². The van der Waals surface area contributed by atoms with E-state index in [1.54, 1.807) is 16.7 Å². The van der Waals surface area contributed by atoms with E-state index in [1.807, 2.05) is 6.07 Å². The van der Waals surface area contributed by atoms with Crippen LogP contribution in [-0.2, 0) is 19.6 Å². The zero-order chi connectivity index (χ0) is 29.4. The first-order chi connectivity index (χ1) is 20.3. The summed E-state index contributed by atoms with van der Waals surface area (Å²) in [5.41, 5.74) is 0.394. The molecule has 212 valence electrons. The number of pyridine rings is 1. The maximum Gasteiger partial charge on any atom is 0.214 e. The van der Waals surface area contributed by atoms with Crippen molar-refractivity contribution in [2.24, 2.45) is 5.41 Å². The predicted molar refractivity (Wildman–Crippen MR) is 145 cm³/mol. The average molecular weight is 575 g/mol. The second-order valence-electron chi connectivity index (χ2n) is 10.5. The molecule has 0 amide bonds. The van der Waals surface area contributed by atoms with Crippen LogP contribution in [0.2, 0.25) is 0 Å². The zero-order valence-electron chi connectivity index (χ0n) is 22.2. The number of ether oxygens (including phenoxy) is 1. The number of fused-ring (bicyclic) bond motifs is 1. The molecule has 2 heterocycles. The van der Waals surface area contributed by atoms with Crippen molar-refractivity contribution in [3.05, 3.63) is 113 Å². The van der Waals surface area contributed by atoms with E-state index in [9.17, 15) is 13.2 Å². The Bertz CT molecular complexity index is 1860. The van der Waals surface area contributed by atoms with Crippen LogP contribution in [0.3, 0.4) is 0 Å². The summed E-state index contributed by atoms with van der Waals surface area (Å²) in [6, 6.07) is 16.9. The second kappa shape index (κ2) is 10.9. The molecule has 2 aromatic heterocycles. The number of halogens is 5. The van der Waals surface area contributed by atoms with Gasteiger partial charge in [-0.2, -0.15) is 5.26 Å². The largest absolute Gasteiger partial charge is 0.473 e. The molecule has 1 aliphatic carbocycles. The third-order valence-electron chi connectivity index (χ3n) is 7.58. The number of nitriles is 1. The highest BCUT2D eigenvalue weighted by atomic mass is 19.1. The summed E-state index contributed by atoms with van der Waals surface area (Å²) in [6.45, 7) is -0.448. The molecule has 0 unspecified atom stereocenters. The van der Waals surface area contributed by atoms with Crippen molar-refractivity contribution in [1.29, 1.82) is 5.26 Å². The van der Waals surface area contributed by atoms with Gasteiger partial charge in [-0.3, -0.25) is 4.39 Å². The fourth-order valence-corrected chi connectivity index (χ4v) is 4.94. The monoisotopic (exact) mass is 574 g/mol. The van der Waals surface area contributed by atoms with E-state index in [0.717, 1.165) is 18.2 Å². The normalized spacial score (nSPS) is 13.7. The van der Waals surface area contributed by atoms with Crippen LogP contribution in [0.4, 0.5) is 22.0 Å². The lowest BCUT2D eigenvalue weighted by Gasteiger charge is -2.16. The van der Waals surface area contributed by atoms with Crippen molar-refractivity contribution in [2.75, 3.05) is 6.67 Å². The number of alkyl halides is 1. The minimum atomic E-state index is -0.745. The molecule has 0 atom stereocenters.